The van der Waals surface area contributed by atoms with Crippen molar-refractivity contribution >= 4 is 34.2 Å². The number of carbonyl (C=O) groups is 3. The summed E-state index contributed by atoms with van der Waals surface area (Å²) in [4.78, 5) is 45.7. The van der Waals surface area contributed by atoms with Crippen molar-refractivity contribution < 1.29 is 14.4 Å². The SMILES string of the molecule is C=CCN(C(=O)c1ccc(CN2C(=O)CCC2=O)cc1)c1nc2c(s1)CCCC2. The second-order valence-corrected chi connectivity index (χ2v) is 8.41. The minimum atomic E-state index is -0.139. The van der Waals surface area contributed by atoms with Crippen molar-refractivity contribution in [2.45, 2.75) is 45.1 Å². The van der Waals surface area contributed by atoms with E-state index in [1.54, 1.807) is 46.6 Å². The summed E-state index contributed by atoms with van der Waals surface area (Å²) in [5, 5.41) is 0.721. The largest absolute Gasteiger partial charge is 0.280 e. The predicted molar refractivity (Wildman–Crippen MR) is 112 cm³/mol. The van der Waals surface area contributed by atoms with Gasteiger partial charge in [-0.05, 0) is 43.4 Å². The van der Waals surface area contributed by atoms with Gasteiger partial charge in [0.25, 0.3) is 5.91 Å². The molecule has 1 saturated heterocycles. The Labute approximate surface area is 173 Å². The number of rotatable bonds is 6. The molecule has 2 aromatic rings. The van der Waals surface area contributed by atoms with Crippen LogP contribution in [0.1, 0.15) is 52.2 Å². The minimum Gasteiger partial charge on any atom is -0.280 e. The minimum absolute atomic E-state index is 0.129. The maximum atomic E-state index is 13.1. The smallest absolute Gasteiger partial charge is 0.260 e. The molecule has 6 nitrogen and oxygen atoms in total. The van der Waals surface area contributed by atoms with E-state index in [4.69, 9.17) is 4.98 Å². The molecule has 1 aromatic carbocycles. The lowest BCUT2D eigenvalue weighted by molar-refractivity contribution is -0.139. The molecule has 0 bridgehead atoms. The van der Waals surface area contributed by atoms with Gasteiger partial charge in [0.1, 0.15) is 0 Å². The number of anilines is 1. The van der Waals surface area contributed by atoms with E-state index in [0.717, 1.165) is 35.7 Å². The summed E-state index contributed by atoms with van der Waals surface area (Å²) >= 11 is 1.60. The van der Waals surface area contributed by atoms with Gasteiger partial charge in [-0.1, -0.05) is 18.2 Å². The number of hydrogen-bond acceptors (Lipinski definition) is 5. The van der Waals surface area contributed by atoms with Gasteiger partial charge >= 0.3 is 0 Å². The van der Waals surface area contributed by atoms with E-state index in [2.05, 4.69) is 6.58 Å². The van der Waals surface area contributed by atoms with Crippen LogP contribution >= 0.6 is 11.3 Å². The van der Waals surface area contributed by atoms with Gasteiger partial charge in [0.15, 0.2) is 5.13 Å². The maximum Gasteiger partial charge on any atom is 0.260 e. The number of aromatic nitrogens is 1. The standard InChI is InChI=1S/C22H23N3O3S/c1-2-13-24(22-23-17-5-3-4-6-18(17)29-22)21(28)16-9-7-15(8-10-16)14-25-19(26)11-12-20(25)27/h2,7-10H,1,3-6,11-14H2. The van der Waals surface area contributed by atoms with Crippen molar-refractivity contribution in [1.29, 1.82) is 0 Å². The molecule has 2 heterocycles. The van der Waals surface area contributed by atoms with Gasteiger partial charge in [-0.2, -0.15) is 0 Å². The van der Waals surface area contributed by atoms with Gasteiger partial charge in [0.05, 0.1) is 12.2 Å². The van der Waals surface area contributed by atoms with E-state index >= 15 is 0 Å². The molecule has 0 radical (unpaired) electrons. The van der Waals surface area contributed by atoms with Crippen molar-refractivity contribution in [2.75, 3.05) is 11.4 Å². The van der Waals surface area contributed by atoms with Crippen LogP contribution < -0.4 is 4.90 Å². The number of imide groups is 1. The number of thiazole rings is 1. The average molecular weight is 410 g/mol. The Kier molecular flexibility index (Phi) is 5.58. The Hall–Kier alpha value is -2.80. The van der Waals surface area contributed by atoms with E-state index in [0.29, 0.717) is 12.1 Å². The number of likely N-dealkylation sites (tertiary alicyclic amines) is 1. The van der Waals surface area contributed by atoms with Crippen LogP contribution in [-0.2, 0) is 29.0 Å². The molecule has 0 saturated carbocycles. The number of aryl methyl sites for hydroxylation is 2. The Bertz CT molecular complexity index is 925. The molecule has 1 aliphatic heterocycles. The highest BCUT2D eigenvalue weighted by molar-refractivity contribution is 7.16. The van der Waals surface area contributed by atoms with Crippen LogP contribution in [0.5, 0.6) is 0 Å². The molecule has 0 N–H and O–H groups in total. The zero-order valence-corrected chi connectivity index (χ0v) is 17.0. The number of amides is 3. The van der Waals surface area contributed by atoms with Gasteiger partial charge < -0.3 is 0 Å². The molecule has 1 fully saturated rings. The zero-order valence-electron chi connectivity index (χ0n) is 16.2. The molecule has 1 aliphatic carbocycles. The average Bonchev–Trinajstić information content (AvgIpc) is 3.30. The highest BCUT2D eigenvalue weighted by Gasteiger charge is 2.29. The first-order valence-electron chi connectivity index (χ1n) is 9.90. The summed E-state index contributed by atoms with van der Waals surface area (Å²) in [6.45, 7) is 4.43. The summed E-state index contributed by atoms with van der Waals surface area (Å²) in [5.74, 6) is -0.407. The van der Waals surface area contributed by atoms with Gasteiger partial charge in [-0.3, -0.25) is 24.2 Å². The topological polar surface area (TPSA) is 70.6 Å². The van der Waals surface area contributed by atoms with Gasteiger partial charge in [0.2, 0.25) is 11.8 Å². The van der Waals surface area contributed by atoms with E-state index in [1.807, 2.05) is 0 Å². The van der Waals surface area contributed by atoms with Crippen LogP contribution in [0.4, 0.5) is 5.13 Å². The zero-order chi connectivity index (χ0) is 20.4. The second kappa shape index (κ2) is 8.29. The van der Waals surface area contributed by atoms with Crippen LogP contribution in [0, 0.1) is 0 Å². The predicted octanol–water partition coefficient (Wildman–Crippen LogP) is 3.50. The third-order valence-electron chi connectivity index (χ3n) is 5.32. The third-order valence-corrected chi connectivity index (χ3v) is 6.50. The molecule has 0 unspecified atom stereocenters. The van der Waals surface area contributed by atoms with Crippen LogP contribution in [0.25, 0.3) is 0 Å². The molecule has 150 valence electrons. The van der Waals surface area contributed by atoms with Crippen LogP contribution in [0.15, 0.2) is 36.9 Å². The molecule has 0 spiro atoms. The molecular formula is C22H23N3O3S. The molecule has 7 heteroatoms. The third kappa shape index (κ3) is 4.00. The first-order valence-corrected chi connectivity index (χ1v) is 10.7. The summed E-state index contributed by atoms with van der Waals surface area (Å²) in [6, 6.07) is 7.08. The maximum absolute atomic E-state index is 13.1. The number of hydrogen-bond donors (Lipinski definition) is 0. The first-order chi connectivity index (χ1) is 14.1. The Morgan fingerprint density at radius 3 is 2.45 bits per heavy atom. The highest BCUT2D eigenvalue weighted by atomic mass is 32.1. The van der Waals surface area contributed by atoms with Gasteiger partial charge in [-0.15, -0.1) is 17.9 Å². The van der Waals surface area contributed by atoms with Crippen molar-refractivity contribution in [1.82, 2.24) is 9.88 Å². The second-order valence-electron chi connectivity index (χ2n) is 7.35. The summed E-state index contributed by atoms with van der Waals surface area (Å²) in [5.41, 5.74) is 2.49. The van der Waals surface area contributed by atoms with E-state index in [9.17, 15) is 14.4 Å². The van der Waals surface area contributed by atoms with E-state index in [1.165, 1.54) is 16.2 Å². The lowest BCUT2D eigenvalue weighted by Gasteiger charge is -2.19. The van der Waals surface area contributed by atoms with Crippen LogP contribution in [0.2, 0.25) is 0 Å². The Morgan fingerprint density at radius 2 is 1.79 bits per heavy atom. The fourth-order valence-electron chi connectivity index (χ4n) is 3.72. The number of carbonyl (C=O) groups excluding carboxylic acids is 3. The first kappa shape index (κ1) is 19.5. The molecule has 29 heavy (non-hydrogen) atoms. The molecule has 3 amide bonds. The molecule has 4 rings (SSSR count). The Balaban J connectivity index is 1.52. The van der Waals surface area contributed by atoms with Crippen LogP contribution in [-0.4, -0.2) is 34.2 Å². The molecular weight excluding hydrogens is 386 g/mol. The normalized spacial score (nSPS) is 16.1. The van der Waals surface area contributed by atoms with Crippen molar-refractivity contribution in [3.05, 3.63) is 58.6 Å². The summed E-state index contributed by atoms with van der Waals surface area (Å²) in [6.07, 6.45) is 6.60. The molecule has 0 atom stereocenters. The Morgan fingerprint density at radius 1 is 1.10 bits per heavy atom. The van der Waals surface area contributed by atoms with Crippen molar-refractivity contribution in [3.63, 3.8) is 0 Å². The quantitative estimate of drug-likeness (QED) is 0.541. The fourth-order valence-corrected chi connectivity index (χ4v) is 4.88. The monoisotopic (exact) mass is 409 g/mol. The van der Waals surface area contributed by atoms with Gasteiger partial charge in [-0.25, -0.2) is 4.98 Å². The fraction of sp³-hybridized carbons (Fsp3) is 0.364. The van der Waals surface area contributed by atoms with Crippen LogP contribution in [0.3, 0.4) is 0 Å². The summed E-state index contributed by atoms with van der Waals surface area (Å²) < 4.78 is 0. The highest BCUT2D eigenvalue weighted by Crippen LogP contribution is 2.32. The summed E-state index contributed by atoms with van der Waals surface area (Å²) in [7, 11) is 0. The van der Waals surface area contributed by atoms with Gasteiger partial charge in [0, 0.05) is 29.8 Å². The van der Waals surface area contributed by atoms with Crippen molar-refractivity contribution in [2.24, 2.45) is 0 Å². The lowest BCUT2D eigenvalue weighted by Crippen LogP contribution is -2.31. The molecule has 1 aromatic heterocycles. The molecule has 2 aliphatic rings. The number of nitrogens with zero attached hydrogens (tertiary/aromatic N) is 3. The van der Waals surface area contributed by atoms with E-state index < -0.39 is 0 Å². The number of benzene rings is 1. The van der Waals surface area contributed by atoms with E-state index in [-0.39, 0.29) is 37.1 Å². The van der Waals surface area contributed by atoms with Crippen molar-refractivity contribution in [3.8, 4) is 0 Å². The lowest BCUT2D eigenvalue weighted by atomic mass is 10.0. The number of fused-ring (bicyclic) bond motifs is 1.